The lowest BCUT2D eigenvalue weighted by atomic mass is 10.3. The summed E-state index contributed by atoms with van der Waals surface area (Å²) >= 11 is 0. The SMILES string of the molecule is COc1cc(OC)nc(Oc2cccc(OC(C)=O)c2)n1. The molecule has 2 rings (SSSR count). The maximum absolute atomic E-state index is 10.9. The van der Waals surface area contributed by atoms with Crippen molar-refractivity contribution in [2.45, 2.75) is 6.92 Å². The van der Waals surface area contributed by atoms with E-state index in [-0.39, 0.29) is 6.01 Å². The minimum atomic E-state index is -0.411. The van der Waals surface area contributed by atoms with Gasteiger partial charge in [-0.05, 0) is 12.1 Å². The van der Waals surface area contributed by atoms with Crippen LogP contribution in [0.25, 0.3) is 0 Å². The number of benzene rings is 1. The van der Waals surface area contributed by atoms with Crippen LogP contribution in [0.15, 0.2) is 30.3 Å². The van der Waals surface area contributed by atoms with E-state index in [1.165, 1.54) is 27.2 Å². The first kappa shape index (κ1) is 14.6. The van der Waals surface area contributed by atoms with Crippen LogP contribution in [-0.2, 0) is 4.79 Å². The van der Waals surface area contributed by atoms with Crippen molar-refractivity contribution in [1.29, 1.82) is 0 Å². The maximum Gasteiger partial charge on any atom is 0.328 e. The molecule has 0 bridgehead atoms. The number of rotatable bonds is 5. The topological polar surface area (TPSA) is 79.8 Å². The molecule has 7 nitrogen and oxygen atoms in total. The fourth-order valence-corrected chi connectivity index (χ4v) is 1.51. The van der Waals surface area contributed by atoms with Crippen molar-refractivity contribution in [1.82, 2.24) is 9.97 Å². The Morgan fingerprint density at radius 3 is 2.19 bits per heavy atom. The molecule has 2 aromatic rings. The van der Waals surface area contributed by atoms with Crippen LogP contribution in [0.5, 0.6) is 29.3 Å². The number of aromatic nitrogens is 2. The Morgan fingerprint density at radius 2 is 1.62 bits per heavy atom. The summed E-state index contributed by atoms with van der Waals surface area (Å²) in [5.74, 6) is 1.01. The average Bonchev–Trinajstić information content (AvgIpc) is 2.46. The molecular weight excluding hydrogens is 276 g/mol. The predicted molar refractivity (Wildman–Crippen MR) is 73.0 cm³/mol. The molecule has 0 saturated heterocycles. The van der Waals surface area contributed by atoms with E-state index in [9.17, 15) is 4.79 Å². The molecular formula is C14H14N2O5. The zero-order valence-corrected chi connectivity index (χ0v) is 11.8. The third kappa shape index (κ3) is 4.07. The summed E-state index contributed by atoms with van der Waals surface area (Å²) in [5.41, 5.74) is 0. The Morgan fingerprint density at radius 1 is 1.00 bits per heavy atom. The fraction of sp³-hybridized carbons (Fsp3) is 0.214. The normalized spacial score (nSPS) is 9.86. The van der Waals surface area contributed by atoms with Gasteiger partial charge in [0, 0.05) is 13.0 Å². The van der Waals surface area contributed by atoms with Crippen LogP contribution in [-0.4, -0.2) is 30.2 Å². The van der Waals surface area contributed by atoms with Gasteiger partial charge in [0.15, 0.2) is 0 Å². The zero-order valence-electron chi connectivity index (χ0n) is 11.8. The molecule has 0 fully saturated rings. The van der Waals surface area contributed by atoms with Gasteiger partial charge in [-0.15, -0.1) is 0 Å². The summed E-state index contributed by atoms with van der Waals surface area (Å²) in [5, 5.41) is 0. The first-order chi connectivity index (χ1) is 10.1. The lowest BCUT2D eigenvalue weighted by Crippen LogP contribution is -2.01. The molecule has 1 aromatic heterocycles. The molecule has 0 radical (unpaired) electrons. The van der Waals surface area contributed by atoms with E-state index >= 15 is 0 Å². The number of nitrogens with zero attached hydrogens (tertiary/aromatic N) is 2. The van der Waals surface area contributed by atoms with E-state index in [0.717, 1.165) is 0 Å². The highest BCUT2D eigenvalue weighted by Crippen LogP contribution is 2.26. The second kappa shape index (κ2) is 6.56. The summed E-state index contributed by atoms with van der Waals surface area (Å²) in [4.78, 5) is 19.0. The number of carbonyl (C=O) groups excluding carboxylic acids is 1. The van der Waals surface area contributed by atoms with Gasteiger partial charge in [-0.2, -0.15) is 9.97 Å². The molecule has 1 heterocycles. The fourth-order valence-electron chi connectivity index (χ4n) is 1.51. The van der Waals surface area contributed by atoms with Crippen molar-refractivity contribution < 1.29 is 23.7 Å². The number of carbonyl (C=O) groups is 1. The van der Waals surface area contributed by atoms with Crippen LogP contribution in [0.2, 0.25) is 0 Å². The lowest BCUT2D eigenvalue weighted by Gasteiger charge is -2.08. The van der Waals surface area contributed by atoms with Crippen LogP contribution < -0.4 is 18.9 Å². The first-order valence-corrected chi connectivity index (χ1v) is 6.04. The predicted octanol–water partition coefficient (Wildman–Crippen LogP) is 2.21. The summed E-state index contributed by atoms with van der Waals surface area (Å²) < 4.78 is 20.5. The van der Waals surface area contributed by atoms with Crippen LogP contribution >= 0.6 is 0 Å². The molecule has 21 heavy (non-hydrogen) atoms. The third-order valence-corrected chi connectivity index (χ3v) is 2.35. The summed E-state index contributed by atoms with van der Waals surface area (Å²) in [7, 11) is 2.96. The van der Waals surface area contributed by atoms with Crippen molar-refractivity contribution in [3.8, 4) is 29.3 Å². The number of hydrogen-bond acceptors (Lipinski definition) is 7. The number of esters is 1. The first-order valence-electron chi connectivity index (χ1n) is 6.04. The summed E-state index contributed by atoms with van der Waals surface area (Å²) in [6.07, 6.45) is 0. The van der Waals surface area contributed by atoms with Gasteiger partial charge in [-0.25, -0.2) is 0 Å². The smallest absolute Gasteiger partial charge is 0.328 e. The monoisotopic (exact) mass is 290 g/mol. The molecule has 1 aromatic carbocycles. The number of ether oxygens (including phenoxy) is 4. The second-order valence-corrected chi connectivity index (χ2v) is 3.91. The third-order valence-electron chi connectivity index (χ3n) is 2.35. The average molecular weight is 290 g/mol. The Balaban J connectivity index is 2.23. The van der Waals surface area contributed by atoms with E-state index in [2.05, 4.69) is 9.97 Å². The summed E-state index contributed by atoms with van der Waals surface area (Å²) in [6.45, 7) is 1.32. The molecule has 0 N–H and O–H groups in total. The van der Waals surface area contributed by atoms with E-state index in [1.54, 1.807) is 24.3 Å². The Labute approximate surface area is 121 Å². The van der Waals surface area contributed by atoms with Crippen LogP contribution in [0.4, 0.5) is 0 Å². The molecule has 0 spiro atoms. The van der Waals surface area contributed by atoms with Crippen molar-refractivity contribution in [2.75, 3.05) is 14.2 Å². The maximum atomic E-state index is 10.9. The van der Waals surface area contributed by atoms with Crippen molar-refractivity contribution in [3.63, 3.8) is 0 Å². The molecule has 0 saturated carbocycles. The highest BCUT2D eigenvalue weighted by Gasteiger charge is 2.08. The molecule has 7 heteroatoms. The standard InChI is InChI=1S/C14H14N2O5/c1-9(17)20-10-5-4-6-11(7-10)21-14-15-12(18-2)8-13(16-14)19-3/h4-8H,1-3H3. The quantitative estimate of drug-likeness (QED) is 0.617. The van der Waals surface area contributed by atoms with E-state index in [1.807, 2.05) is 0 Å². The second-order valence-electron chi connectivity index (χ2n) is 3.91. The minimum Gasteiger partial charge on any atom is -0.481 e. The molecule has 0 atom stereocenters. The van der Waals surface area contributed by atoms with E-state index in [0.29, 0.717) is 23.3 Å². The van der Waals surface area contributed by atoms with Crippen LogP contribution in [0, 0.1) is 0 Å². The van der Waals surface area contributed by atoms with Gasteiger partial charge in [0.1, 0.15) is 11.5 Å². The van der Waals surface area contributed by atoms with Gasteiger partial charge in [-0.3, -0.25) is 4.79 Å². The molecule has 0 aliphatic carbocycles. The Kier molecular flexibility index (Phi) is 4.55. The Bertz CT molecular complexity index is 623. The van der Waals surface area contributed by atoms with Crippen molar-refractivity contribution in [3.05, 3.63) is 30.3 Å². The van der Waals surface area contributed by atoms with E-state index < -0.39 is 5.97 Å². The highest BCUT2D eigenvalue weighted by atomic mass is 16.5. The lowest BCUT2D eigenvalue weighted by molar-refractivity contribution is -0.131. The molecule has 0 aliphatic rings. The van der Waals surface area contributed by atoms with Gasteiger partial charge < -0.3 is 18.9 Å². The van der Waals surface area contributed by atoms with Gasteiger partial charge >= 0.3 is 12.0 Å². The van der Waals surface area contributed by atoms with Gasteiger partial charge in [-0.1, -0.05) is 6.07 Å². The molecule has 0 unspecified atom stereocenters. The van der Waals surface area contributed by atoms with Crippen LogP contribution in [0.1, 0.15) is 6.92 Å². The van der Waals surface area contributed by atoms with Crippen molar-refractivity contribution in [2.24, 2.45) is 0 Å². The molecule has 0 amide bonds. The number of hydrogen-bond donors (Lipinski definition) is 0. The molecule has 0 aliphatic heterocycles. The summed E-state index contributed by atoms with van der Waals surface area (Å²) in [6, 6.07) is 8.15. The largest absolute Gasteiger partial charge is 0.481 e. The number of methoxy groups -OCH3 is 2. The highest BCUT2D eigenvalue weighted by molar-refractivity contribution is 5.69. The van der Waals surface area contributed by atoms with Gasteiger partial charge in [0.05, 0.1) is 20.3 Å². The molecule has 110 valence electrons. The van der Waals surface area contributed by atoms with Crippen LogP contribution in [0.3, 0.4) is 0 Å². The minimum absolute atomic E-state index is 0.0613. The zero-order chi connectivity index (χ0) is 15.2. The van der Waals surface area contributed by atoms with E-state index in [4.69, 9.17) is 18.9 Å². The van der Waals surface area contributed by atoms with Gasteiger partial charge in [0.2, 0.25) is 11.8 Å². The van der Waals surface area contributed by atoms with Gasteiger partial charge in [0.25, 0.3) is 0 Å². The van der Waals surface area contributed by atoms with Crippen molar-refractivity contribution >= 4 is 5.97 Å². The Hall–Kier alpha value is -2.83.